The Bertz CT molecular complexity index is 460. The van der Waals surface area contributed by atoms with Gasteiger partial charge in [-0.2, -0.15) is 4.37 Å². The van der Waals surface area contributed by atoms with Crippen molar-refractivity contribution in [2.45, 2.75) is 12.8 Å². The maximum absolute atomic E-state index is 4.99. The van der Waals surface area contributed by atoms with Crippen LogP contribution in [0.2, 0.25) is 0 Å². The van der Waals surface area contributed by atoms with E-state index in [-0.39, 0.29) is 0 Å². The molecular formula is C12H16N4OS. The van der Waals surface area contributed by atoms with Gasteiger partial charge in [-0.3, -0.25) is 4.98 Å². The Kier molecular flexibility index (Phi) is 5.04. The van der Waals surface area contributed by atoms with Gasteiger partial charge >= 0.3 is 0 Å². The maximum Gasteiger partial charge on any atom is 0.202 e. The summed E-state index contributed by atoms with van der Waals surface area (Å²) in [6.45, 7) is 1.47. The van der Waals surface area contributed by atoms with Crippen LogP contribution in [0.5, 0.6) is 0 Å². The highest BCUT2D eigenvalue weighted by atomic mass is 32.1. The van der Waals surface area contributed by atoms with E-state index >= 15 is 0 Å². The molecule has 0 unspecified atom stereocenters. The minimum Gasteiger partial charge on any atom is -0.384 e. The summed E-state index contributed by atoms with van der Waals surface area (Å²) in [6.07, 6.45) is 3.45. The van der Waals surface area contributed by atoms with E-state index in [0.29, 0.717) is 6.61 Å². The van der Waals surface area contributed by atoms with Crippen LogP contribution in [0.4, 0.5) is 5.13 Å². The standard InChI is InChI=1S/C12H16N4OS/c1-17-9-6-11-15-12(18-16-11)14-8-5-10-4-2-3-7-13-10/h2-4,7H,5-6,8-9H2,1H3,(H,14,15,16). The average molecular weight is 264 g/mol. The highest BCUT2D eigenvalue weighted by molar-refractivity contribution is 7.09. The minimum atomic E-state index is 0.657. The molecular weight excluding hydrogens is 248 g/mol. The van der Waals surface area contributed by atoms with Crippen molar-refractivity contribution in [3.63, 3.8) is 0 Å². The molecule has 0 saturated heterocycles. The van der Waals surface area contributed by atoms with Crippen LogP contribution in [0.15, 0.2) is 24.4 Å². The third kappa shape index (κ3) is 4.05. The van der Waals surface area contributed by atoms with Gasteiger partial charge in [0.25, 0.3) is 0 Å². The van der Waals surface area contributed by atoms with Crippen LogP contribution in [0.1, 0.15) is 11.5 Å². The molecule has 0 bridgehead atoms. The summed E-state index contributed by atoms with van der Waals surface area (Å²) < 4.78 is 9.24. The highest BCUT2D eigenvalue weighted by Crippen LogP contribution is 2.11. The molecule has 0 aliphatic heterocycles. The third-order valence-corrected chi connectivity index (χ3v) is 3.09. The SMILES string of the molecule is COCCc1nsc(NCCc2ccccn2)n1. The maximum atomic E-state index is 4.99. The van der Waals surface area contributed by atoms with E-state index in [1.54, 1.807) is 7.11 Å². The Morgan fingerprint density at radius 3 is 3.06 bits per heavy atom. The fourth-order valence-corrected chi connectivity index (χ4v) is 2.10. The van der Waals surface area contributed by atoms with E-state index in [2.05, 4.69) is 19.7 Å². The molecule has 6 heteroatoms. The summed E-state index contributed by atoms with van der Waals surface area (Å²) >= 11 is 1.39. The Morgan fingerprint density at radius 1 is 1.33 bits per heavy atom. The quantitative estimate of drug-likeness (QED) is 0.826. The molecule has 0 amide bonds. The molecule has 2 aromatic heterocycles. The fraction of sp³-hybridized carbons (Fsp3) is 0.417. The number of hydrogen-bond acceptors (Lipinski definition) is 6. The van der Waals surface area contributed by atoms with Gasteiger partial charge in [-0.1, -0.05) is 6.07 Å². The number of nitrogens with one attached hydrogen (secondary N) is 1. The average Bonchev–Trinajstić information content (AvgIpc) is 2.85. The highest BCUT2D eigenvalue weighted by Gasteiger charge is 2.03. The molecule has 0 aliphatic carbocycles. The van der Waals surface area contributed by atoms with Crippen LogP contribution < -0.4 is 5.32 Å². The predicted octanol–water partition coefficient (Wildman–Crippen LogP) is 1.78. The van der Waals surface area contributed by atoms with Crippen LogP contribution in [0.25, 0.3) is 0 Å². The lowest BCUT2D eigenvalue weighted by Crippen LogP contribution is -2.05. The zero-order valence-electron chi connectivity index (χ0n) is 10.3. The van der Waals surface area contributed by atoms with Gasteiger partial charge in [0.15, 0.2) is 0 Å². The van der Waals surface area contributed by atoms with E-state index in [4.69, 9.17) is 4.74 Å². The lowest BCUT2D eigenvalue weighted by Gasteiger charge is -2.01. The second-order valence-corrected chi connectivity index (χ2v) is 4.51. The van der Waals surface area contributed by atoms with Gasteiger partial charge < -0.3 is 10.1 Å². The monoisotopic (exact) mass is 264 g/mol. The first kappa shape index (κ1) is 12.9. The molecule has 0 radical (unpaired) electrons. The molecule has 0 aliphatic rings. The molecule has 2 aromatic rings. The largest absolute Gasteiger partial charge is 0.384 e. The smallest absolute Gasteiger partial charge is 0.202 e. The number of aromatic nitrogens is 3. The minimum absolute atomic E-state index is 0.657. The first-order valence-electron chi connectivity index (χ1n) is 5.84. The fourth-order valence-electron chi connectivity index (χ4n) is 1.46. The Hall–Kier alpha value is -1.53. The summed E-state index contributed by atoms with van der Waals surface area (Å²) in [6, 6.07) is 5.94. The summed E-state index contributed by atoms with van der Waals surface area (Å²) in [5.74, 6) is 0.835. The lowest BCUT2D eigenvalue weighted by molar-refractivity contribution is 0.201. The molecule has 1 N–H and O–H groups in total. The molecule has 2 rings (SSSR count). The first-order chi connectivity index (χ1) is 8.88. The van der Waals surface area contributed by atoms with Crippen molar-refractivity contribution in [3.05, 3.63) is 35.9 Å². The Balaban J connectivity index is 1.75. The van der Waals surface area contributed by atoms with Gasteiger partial charge in [-0.05, 0) is 12.1 Å². The van der Waals surface area contributed by atoms with Crippen LogP contribution in [0.3, 0.4) is 0 Å². The zero-order valence-corrected chi connectivity index (χ0v) is 11.1. The topological polar surface area (TPSA) is 59.9 Å². The van der Waals surface area contributed by atoms with Crippen molar-refractivity contribution < 1.29 is 4.74 Å². The number of ether oxygens (including phenoxy) is 1. The van der Waals surface area contributed by atoms with Gasteiger partial charge in [-0.15, -0.1) is 0 Å². The third-order valence-electron chi connectivity index (χ3n) is 2.38. The Labute approximate surface area is 110 Å². The Morgan fingerprint density at radius 2 is 2.28 bits per heavy atom. The van der Waals surface area contributed by atoms with Crippen LogP contribution in [0, 0.1) is 0 Å². The van der Waals surface area contributed by atoms with Gasteiger partial charge in [0.1, 0.15) is 5.82 Å². The van der Waals surface area contributed by atoms with Gasteiger partial charge in [0.2, 0.25) is 5.13 Å². The molecule has 2 heterocycles. The summed E-state index contributed by atoms with van der Waals surface area (Å²) in [5.41, 5.74) is 1.08. The molecule has 0 spiro atoms. The van der Waals surface area contributed by atoms with Gasteiger partial charge in [0, 0.05) is 49.9 Å². The molecule has 18 heavy (non-hydrogen) atoms. The van der Waals surface area contributed by atoms with Crippen LogP contribution in [-0.4, -0.2) is 34.6 Å². The molecule has 0 atom stereocenters. The van der Waals surface area contributed by atoms with Crippen molar-refractivity contribution >= 4 is 16.7 Å². The molecule has 0 aromatic carbocycles. The predicted molar refractivity (Wildman–Crippen MR) is 71.9 cm³/mol. The van der Waals surface area contributed by atoms with Crippen molar-refractivity contribution in [3.8, 4) is 0 Å². The van der Waals surface area contributed by atoms with Crippen LogP contribution in [-0.2, 0) is 17.6 Å². The van der Waals surface area contributed by atoms with Crippen LogP contribution >= 0.6 is 11.5 Å². The number of pyridine rings is 1. The first-order valence-corrected chi connectivity index (χ1v) is 6.61. The second kappa shape index (κ2) is 7.03. The van der Waals surface area contributed by atoms with E-state index < -0.39 is 0 Å². The van der Waals surface area contributed by atoms with Gasteiger partial charge in [0.05, 0.1) is 6.61 Å². The molecule has 0 fully saturated rings. The van der Waals surface area contributed by atoms with Crippen molar-refractivity contribution in [2.24, 2.45) is 0 Å². The van der Waals surface area contributed by atoms with Crippen molar-refractivity contribution in [1.82, 2.24) is 14.3 Å². The van der Waals surface area contributed by atoms with E-state index in [1.807, 2.05) is 24.4 Å². The number of nitrogens with zero attached hydrogens (tertiary/aromatic N) is 3. The number of methoxy groups -OCH3 is 1. The van der Waals surface area contributed by atoms with Crippen molar-refractivity contribution in [1.29, 1.82) is 0 Å². The van der Waals surface area contributed by atoms with E-state index in [9.17, 15) is 0 Å². The number of rotatable bonds is 7. The summed E-state index contributed by atoms with van der Waals surface area (Å²) in [5, 5.41) is 4.11. The van der Waals surface area contributed by atoms with Crippen molar-refractivity contribution in [2.75, 3.05) is 25.6 Å². The molecule has 96 valence electrons. The number of hydrogen-bond donors (Lipinski definition) is 1. The lowest BCUT2D eigenvalue weighted by atomic mass is 10.3. The zero-order chi connectivity index (χ0) is 12.6. The summed E-state index contributed by atoms with van der Waals surface area (Å²) in [7, 11) is 1.68. The van der Waals surface area contributed by atoms with E-state index in [1.165, 1.54) is 11.5 Å². The van der Waals surface area contributed by atoms with E-state index in [0.717, 1.165) is 36.0 Å². The normalized spacial score (nSPS) is 10.5. The molecule has 5 nitrogen and oxygen atoms in total. The summed E-state index contributed by atoms with van der Waals surface area (Å²) in [4.78, 5) is 8.64. The number of anilines is 1. The molecule has 0 saturated carbocycles. The van der Waals surface area contributed by atoms with Gasteiger partial charge in [-0.25, -0.2) is 4.98 Å². The second-order valence-electron chi connectivity index (χ2n) is 3.76.